The summed E-state index contributed by atoms with van der Waals surface area (Å²) in [6, 6.07) is 5.58. The number of hydrogen-bond acceptors (Lipinski definition) is 3. The Morgan fingerprint density at radius 3 is 3.04 bits per heavy atom. The van der Waals surface area contributed by atoms with E-state index in [-0.39, 0.29) is 0 Å². The van der Waals surface area contributed by atoms with Gasteiger partial charge in [-0.2, -0.15) is 5.10 Å². The molecule has 2 aromatic rings. The number of carboxylic acid groups (broad SMARTS) is 1. The first kappa shape index (κ1) is 16.7. The van der Waals surface area contributed by atoms with Gasteiger partial charge in [-0.1, -0.05) is 13.0 Å². The summed E-state index contributed by atoms with van der Waals surface area (Å²) in [5.74, 6) is -0.465. The molecule has 0 spiro atoms. The lowest BCUT2D eigenvalue weighted by Crippen LogP contribution is -2.24. The second kappa shape index (κ2) is 7.18. The predicted octanol–water partition coefficient (Wildman–Crippen LogP) is 2.89. The quantitative estimate of drug-likeness (QED) is 0.856. The molecule has 128 valence electrons. The molecule has 24 heavy (non-hydrogen) atoms. The Hall–Kier alpha value is -2.14. The van der Waals surface area contributed by atoms with Crippen molar-refractivity contribution in [2.24, 2.45) is 7.05 Å². The number of carbonyl (C=O) groups is 1. The van der Waals surface area contributed by atoms with E-state index in [1.807, 2.05) is 23.9 Å². The second-order valence-corrected chi connectivity index (χ2v) is 6.57. The molecule has 2 N–H and O–H groups in total. The highest BCUT2D eigenvalue weighted by Crippen LogP contribution is 2.32. The number of nitrogens with one attached hydrogen (secondary N) is 1. The number of carboxylic acids is 1. The van der Waals surface area contributed by atoms with E-state index in [1.165, 1.54) is 23.1 Å². The standard InChI is InChI=1S/C19H25N3O2/c1-3-18-16(12-22(2)21-18)11-20-10-15-6-4-5-13-7-8-14(19(23)24)9-17(13)15/h7-9,12,15,20H,3-6,10-11H2,1-2H3,(H,23,24). The van der Waals surface area contributed by atoms with Crippen LogP contribution in [-0.2, 0) is 26.4 Å². The maximum absolute atomic E-state index is 11.2. The molecule has 0 bridgehead atoms. The Morgan fingerprint density at radius 1 is 1.46 bits per heavy atom. The van der Waals surface area contributed by atoms with Crippen LogP contribution in [0.5, 0.6) is 0 Å². The molecule has 0 fully saturated rings. The third-order valence-electron chi connectivity index (χ3n) is 4.86. The number of benzene rings is 1. The molecule has 1 atom stereocenters. The van der Waals surface area contributed by atoms with Gasteiger partial charge in [-0.15, -0.1) is 0 Å². The lowest BCUT2D eigenvalue weighted by atomic mass is 9.82. The molecular formula is C19H25N3O2. The molecular weight excluding hydrogens is 302 g/mol. The van der Waals surface area contributed by atoms with Crippen molar-refractivity contribution < 1.29 is 9.90 Å². The number of fused-ring (bicyclic) bond motifs is 1. The molecule has 0 saturated heterocycles. The fourth-order valence-electron chi connectivity index (χ4n) is 3.65. The molecule has 1 aliphatic rings. The summed E-state index contributed by atoms with van der Waals surface area (Å²) in [5, 5.41) is 17.3. The lowest BCUT2D eigenvalue weighted by Gasteiger charge is -2.26. The zero-order valence-corrected chi connectivity index (χ0v) is 14.4. The van der Waals surface area contributed by atoms with E-state index < -0.39 is 5.97 Å². The average molecular weight is 327 g/mol. The molecule has 0 aliphatic heterocycles. The predicted molar refractivity (Wildman–Crippen MR) is 93.4 cm³/mol. The van der Waals surface area contributed by atoms with Crippen LogP contribution >= 0.6 is 0 Å². The molecule has 0 amide bonds. The first-order valence-electron chi connectivity index (χ1n) is 8.66. The minimum Gasteiger partial charge on any atom is -0.478 e. The topological polar surface area (TPSA) is 67.2 Å². The van der Waals surface area contributed by atoms with Gasteiger partial charge in [0.15, 0.2) is 0 Å². The van der Waals surface area contributed by atoms with E-state index in [4.69, 9.17) is 0 Å². The van der Waals surface area contributed by atoms with Crippen molar-refractivity contribution in [3.05, 3.63) is 52.3 Å². The van der Waals surface area contributed by atoms with E-state index in [0.717, 1.165) is 38.0 Å². The smallest absolute Gasteiger partial charge is 0.335 e. The van der Waals surface area contributed by atoms with Gasteiger partial charge in [0.2, 0.25) is 0 Å². The molecule has 0 radical (unpaired) electrons. The number of aryl methyl sites for hydroxylation is 3. The Morgan fingerprint density at radius 2 is 2.29 bits per heavy atom. The lowest BCUT2D eigenvalue weighted by molar-refractivity contribution is 0.0696. The normalized spacial score (nSPS) is 16.8. The Balaban J connectivity index is 1.68. The Bertz CT molecular complexity index is 736. The maximum Gasteiger partial charge on any atom is 0.335 e. The van der Waals surface area contributed by atoms with Gasteiger partial charge in [-0.05, 0) is 54.9 Å². The van der Waals surface area contributed by atoms with Crippen molar-refractivity contribution in [3.8, 4) is 0 Å². The maximum atomic E-state index is 11.2. The second-order valence-electron chi connectivity index (χ2n) is 6.57. The van der Waals surface area contributed by atoms with Crippen LogP contribution in [0.2, 0.25) is 0 Å². The summed E-state index contributed by atoms with van der Waals surface area (Å²) in [7, 11) is 1.95. The minimum atomic E-state index is -0.849. The van der Waals surface area contributed by atoms with Gasteiger partial charge in [0, 0.05) is 31.9 Å². The fraction of sp³-hybridized carbons (Fsp3) is 0.474. The van der Waals surface area contributed by atoms with Crippen LogP contribution in [0.15, 0.2) is 24.4 Å². The van der Waals surface area contributed by atoms with Crippen molar-refractivity contribution in [2.75, 3.05) is 6.54 Å². The third-order valence-corrected chi connectivity index (χ3v) is 4.86. The van der Waals surface area contributed by atoms with Crippen LogP contribution in [0.25, 0.3) is 0 Å². The van der Waals surface area contributed by atoms with Crippen molar-refractivity contribution in [1.29, 1.82) is 0 Å². The van der Waals surface area contributed by atoms with Crippen molar-refractivity contribution >= 4 is 5.97 Å². The van der Waals surface area contributed by atoms with Crippen LogP contribution < -0.4 is 5.32 Å². The molecule has 1 aliphatic carbocycles. The van der Waals surface area contributed by atoms with Crippen LogP contribution in [0, 0.1) is 0 Å². The number of aromatic carboxylic acids is 1. The zero-order valence-electron chi connectivity index (χ0n) is 14.4. The van der Waals surface area contributed by atoms with E-state index in [0.29, 0.717) is 11.5 Å². The van der Waals surface area contributed by atoms with Crippen LogP contribution in [0.1, 0.15) is 58.4 Å². The van der Waals surface area contributed by atoms with Crippen molar-refractivity contribution in [1.82, 2.24) is 15.1 Å². The average Bonchev–Trinajstić information content (AvgIpc) is 2.94. The highest BCUT2D eigenvalue weighted by atomic mass is 16.4. The molecule has 5 nitrogen and oxygen atoms in total. The zero-order chi connectivity index (χ0) is 17.1. The fourth-order valence-corrected chi connectivity index (χ4v) is 3.65. The van der Waals surface area contributed by atoms with Crippen LogP contribution in [-0.4, -0.2) is 27.4 Å². The van der Waals surface area contributed by atoms with Gasteiger partial charge in [-0.25, -0.2) is 4.79 Å². The van der Waals surface area contributed by atoms with Gasteiger partial charge in [-0.3, -0.25) is 4.68 Å². The molecule has 1 aromatic carbocycles. The Labute approximate surface area is 142 Å². The van der Waals surface area contributed by atoms with Crippen molar-refractivity contribution in [3.63, 3.8) is 0 Å². The summed E-state index contributed by atoms with van der Waals surface area (Å²) in [5.41, 5.74) is 5.28. The summed E-state index contributed by atoms with van der Waals surface area (Å²) < 4.78 is 1.87. The number of hydrogen-bond donors (Lipinski definition) is 2. The van der Waals surface area contributed by atoms with Crippen LogP contribution in [0.3, 0.4) is 0 Å². The van der Waals surface area contributed by atoms with Crippen LogP contribution in [0.4, 0.5) is 0 Å². The first-order valence-corrected chi connectivity index (χ1v) is 8.66. The third kappa shape index (κ3) is 3.51. The summed E-state index contributed by atoms with van der Waals surface area (Å²) >= 11 is 0. The number of rotatable bonds is 6. The van der Waals surface area contributed by atoms with Gasteiger partial charge < -0.3 is 10.4 Å². The molecule has 1 heterocycles. The largest absolute Gasteiger partial charge is 0.478 e. The monoisotopic (exact) mass is 327 g/mol. The van der Waals surface area contributed by atoms with E-state index >= 15 is 0 Å². The van der Waals surface area contributed by atoms with E-state index in [1.54, 1.807) is 6.07 Å². The number of aromatic nitrogens is 2. The van der Waals surface area contributed by atoms with E-state index in [2.05, 4.69) is 23.5 Å². The summed E-state index contributed by atoms with van der Waals surface area (Å²) in [6.07, 6.45) is 6.33. The van der Waals surface area contributed by atoms with Gasteiger partial charge in [0.25, 0.3) is 0 Å². The highest BCUT2D eigenvalue weighted by molar-refractivity contribution is 5.88. The molecule has 5 heteroatoms. The minimum absolute atomic E-state index is 0.384. The Kier molecular flexibility index (Phi) is 5.00. The van der Waals surface area contributed by atoms with Gasteiger partial charge in [0.1, 0.15) is 0 Å². The first-order chi connectivity index (χ1) is 11.6. The van der Waals surface area contributed by atoms with Gasteiger partial charge >= 0.3 is 5.97 Å². The summed E-state index contributed by atoms with van der Waals surface area (Å²) in [4.78, 5) is 11.2. The molecule has 0 saturated carbocycles. The number of nitrogens with zero attached hydrogens (tertiary/aromatic N) is 2. The molecule has 1 unspecified atom stereocenters. The SMILES string of the molecule is CCc1nn(C)cc1CNCC1CCCc2ccc(C(=O)O)cc21. The van der Waals surface area contributed by atoms with E-state index in [9.17, 15) is 9.90 Å². The molecule has 3 rings (SSSR count). The molecule has 1 aromatic heterocycles. The highest BCUT2D eigenvalue weighted by Gasteiger charge is 2.21. The summed E-state index contributed by atoms with van der Waals surface area (Å²) in [6.45, 7) is 3.80. The van der Waals surface area contributed by atoms with Gasteiger partial charge in [0.05, 0.1) is 11.3 Å². The van der Waals surface area contributed by atoms with Crippen molar-refractivity contribution in [2.45, 2.75) is 45.1 Å².